The van der Waals surface area contributed by atoms with Crippen LogP contribution in [-0.2, 0) is 0 Å². The first-order chi connectivity index (χ1) is 7.54. The molecule has 1 unspecified atom stereocenters. The Morgan fingerprint density at radius 1 is 1.19 bits per heavy atom. The number of benzene rings is 1. The summed E-state index contributed by atoms with van der Waals surface area (Å²) in [6.07, 6.45) is 1.17. The molecule has 0 N–H and O–H groups in total. The van der Waals surface area contributed by atoms with Crippen molar-refractivity contribution in [1.82, 2.24) is 0 Å². The van der Waals surface area contributed by atoms with E-state index in [9.17, 15) is 0 Å². The molecule has 1 rings (SSSR count). The fraction of sp³-hybridized carbons (Fsp3) is 0.600. The van der Waals surface area contributed by atoms with Crippen LogP contribution in [0.3, 0.4) is 0 Å². The molecule has 16 heavy (non-hydrogen) atoms. The summed E-state index contributed by atoms with van der Waals surface area (Å²) in [4.78, 5) is 0. The molecule has 0 amide bonds. The number of ether oxygens (including phenoxy) is 1. The highest BCUT2D eigenvalue weighted by molar-refractivity contribution is 5.37. The Balaban J connectivity index is 2.74. The van der Waals surface area contributed by atoms with Crippen molar-refractivity contribution < 1.29 is 4.74 Å². The van der Waals surface area contributed by atoms with Crippen molar-refractivity contribution in [3.8, 4) is 5.75 Å². The third kappa shape index (κ3) is 3.55. The van der Waals surface area contributed by atoms with Crippen LogP contribution in [0.25, 0.3) is 0 Å². The van der Waals surface area contributed by atoms with Crippen molar-refractivity contribution in [3.05, 3.63) is 29.3 Å². The number of aryl methyl sites for hydroxylation is 1. The van der Waals surface area contributed by atoms with Gasteiger partial charge in [-0.15, -0.1) is 0 Å². The smallest absolute Gasteiger partial charge is 0.122 e. The summed E-state index contributed by atoms with van der Waals surface area (Å²) in [5.74, 6) is 2.24. The maximum absolute atomic E-state index is 5.88. The van der Waals surface area contributed by atoms with Crippen LogP contribution in [-0.4, -0.2) is 6.61 Å². The second-order valence-corrected chi connectivity index (χ2v) is 5.00. The number of hydrogen-bond donors (Lipinski definition) is 0. The first kappa shape index (κ1) is 13.1. The van der Waals surface area contributed by atoms with Gasteiger partial charge in [0.1, 0.15) is 5.75 Å². The topological polar surface area (TPSA) is 9.23 Å². The summed E-state index contributed by atoms with van der Waals surface area (Å²) in [7, 11) is 0. The van der Waals surface area contributed by atoms with Gasteiger partial charge in [-0.25, -0.2) is 0 Å². The molecule has 0 fully saturated rings. The standard InChI is InChI=1S/C15H24O/c1-6-12(4)10-16-15-9-14(11(2)3)8-7-13(15)5/h7-9,11-12H,6,10H2,1-5H3. The third-order valence-corrected chi connectivity index (χ3v) is 3.10. The van der Waals surface area contributed by atoms with Crippen LogP contribution in [0.2, 0.25) is 0 Å². The minimum absolute atomic E-state index is 0.562. The Bertz CT molecular complexity index is 328. The molecule has 0 spiro atoms. The Kier molecular flexibility index (Phi) is 4.85. The van der Waals surface area contributed by atoms with Crippen molar-refractivity contribution in [2.75, 3.05) is 6.61 Å². The summed E-state index contributed by atoms with van der Waals surface area (Å²) in [6, 6.07) is 6.53. The summed E-state index contributed by atoms with van der Waals surface area (Å²) in [6.45, 7) is 11.8. The Labute approximate surface area is 99.8 Å². The molecule has 1 aromatic rings. The van der Waals surface area contributed by atoms with E-state index in [2.05, 4.69) is 52.8 Å². The molecule has 0 saturated carbocycles. The van der Waals surface area contributed by atoms with E-state index < -0.39 is 0 Å². The van der Waals surface area contributed by atoms with E-state index >= 15 is 0 Å². The van der Waals surface area contributed by atoms with Crippen LogP contribution in [0.5, 0.6) is 5.75 Å². The highest BCUT2D eigenvalue weighted by Crippen LogP contribution is 2.24. The van der Waals surface area contributed by atoms with Crippen LogP contribution in [0, 0.1) is 12.8 Å². The molecule has 0 saturated heterocycles. The first-order valence-corrected chi connectivity index (χ1v) is 6.28. The van der Waals surface area contributed by atoms with Crippen molar-refractivity contribution in [2.45, 2.75) is 47.0 Å². The largest absolute Gasteiger partial charge is 0.493 e. The molecule has 0 aliphatic carbocycles. The molecule has 0 radical (unpaired) electrons. The van der Waals surface area contributed by atoms with Gasteiger partial charge < -0.3 is 4.74 Å². The Morgan fingerprint density at radius 3 is 2.44 bits per heavy atom. The van der Waals surface area contributed by atoms with Gasteiger partial charge >= 0.3 is 0 Å². The van der Waals surface area contributed by atoms with Crippen LogP contribution < -0.4 is 4.74 Å². The molecule has 1 aromatic carbocycles. The number of rotatable bonds is 5. The molecule has 0 aliphatic heterocycles. The molecule has 1 nitrogen and oxygen atoms in total. The molecule has 0 heterocycles. The third-order valence-electron chi connectivity index (χ3n) is 3.10. The van der Waals surface area contributed by atoms with Crippen molar-refractivity contribution in [2.24, 2.45) is 5.92 Å². The van der Waals surface area contributed by atoms with Gasteiger partial charge in [0, 0.05) is 0 Å². The van der Waals surface area contributed by atoms with E-state index in [0.717, 1.165) is 12.4 Å². The maximum atomic E-state index is 5.88. The molecular weight excluding hydrogens is 196 g/mol. The fourth-order valence-corrected chi connectivity index (χ4v) is 1.48. The van der Waals surface area contributed by atoms with E-state index in [4.69, 9.17) is 4.74 Å². The van der Waals surface area contributed by atoms with E-state index in [-0.39, 0.29) is 0 Å². The van der Waals surface area contributed by atoms with E-state index in [1.165, 1.54) is 17.5 Å². The van der Waals surface area contributed by atoms with Gasteiger partial charge in [0.25, 0.3) is 0 Å². The Hall–Kier alpha value is -0.980. The van der Waals surface area contributed by atoms with Crippen LogP contribution >= 0.6 is 0 Å². The van der Waals surface area contributed by atoms with Crippen molar-refractivity contribution >= 4 is 0 Å². The van der Waals surface area contributed by atoms with Crippen LogP contribution in [0.4, 0.5) is 0 Å². The minimum Gasteiger partial charge on any atom is -0.493 e. The van der Waals surface area contributed by atoms with Gasteiger partial charge in [0.2, 0.25) is 0 Å². The second kappa shape index (κ2) is 5.93. The monoisotopic (exact) mass is 220 g/mol. The summed E-state index contributed by atoms with van der Waals surface area (Å²) in [5.41, 5.74) is 2.58. The molecule has 0 aliphatic rings. The summed E-state index contributed by atoms with van der Waals surface area (Å²) >= 11 is 0. The molecular formula is C15H24O. The van der Waals surface area contributed by atoms with Gasteiger partial charge in [-0.05, 0) is 36.0 Å². The predicted octanol–water partition coefficient (Wildman–Crippen LogP) is 4.54. The zero-order chi connectivity index (χ0) is 12.1. The quantitative estimate of drug-likeness (QED) is 0.707. The molecule has 0 bridgehead atoms. The lowest BCUT2D eigenvalue weighted by atomic mass is 10.0. The van der Waals surface area contributed by atoms with Gasteiger partial charge in [-0.1, -0.05) is 46.2 Å². The van der Waals surface area contributed by atoms with Crippen molar-refractivity contribution in [1.29, 1.82) is 0 Å². The zero-order valence-electron chi connectivity index (χ0n) is 11.2. The average Bonchev–Trinajstić information content (AvgIpc) is 2.27. The van der Waals surface area contributed by atoms with Crippen LogP contribution in [0.1, 0.15) is 51.2 Å². The highest BCUT2D eigenvalue weighted by atomic mass is 16.5. The normalized spacial score (nSPS) is 12.9. The maximum Gasteiger partial charge on any atom is 0.122 e. The lowest BCUT2D eigenvalue weighted by Gasteiger charge is -2.15. The van der Waals surface area contributed by atoms with Crippen molar-refractivity contribution in [3.63, 3.8) is 0 Å². The second-order valence-electron chi connectivity index (χ2n) is 5.00. The first-order valence-electron chi connectivity index (χ1n) is 6.28. The van der Waals surface area contributed by atoms with E-state index in [0.29, 0.717) is 11.8 Å². The fourth-order valence-electron chi connectivity index (χ4n) is 1.48. The highest BCUT2D eigenvalue weighted by Gasteiger charge is 2.06. The minimum atomic E-state index is 0.562. The van der Waals surface area contributed by atoms with Gasteiger partial charge in [0.15, 0.2) is 0 Å². The number of hydrogen-bond acceptors (Lipinski definition) is 1. The SMILES string of the molecule is CCC(C)COc1cc(C(C)C)ccc1C. The zero-order valence-corrected chi connectivity index (χ0v) is 11.2. The van der Waals surface area contributed by atoms with E-state index in [1.807, 2.05) is 0 Å². The van der Waals surface area contributed by atoms with Gasteiger partial charge in [0.05, 0.1) is 6.61 Å². The summed E-state index contributed by atoms with van der Waals surface area (Å²) < 4.78 is 5.88. The summed E-state index contributed by atoms with van der Waals surface area (Å²) in [5, 5.41) is 0. The predicted molar refractivity (Wildman–Crippen MR) is 70.2 cm³/mol. The lowest BCUT2D eigenvalue weighted by Crippen LogP contribution is -2.08. The van der Waals surface area contributed by atoms with E-state index in [1.54, 1.807) is 0 Å². The molecule has 1 heteroatoms. The molecule has 0 aromatic heterocycles. The van der Waals surface area contributed by atoms with Crippen LogP contribution in [0.15, 0.2) is 18.2 Å². The Morgan fingerprint density at radius 2 is 1.88 bits per heavy atom. The lowest BCUT2D eigenvalue weighted by molar-refractivity contribution is 0.255. The molecule has 90 valence electrons. The van der Waals surface area contributed by atoms with Gasteiger partial charge in [-0.2, -0.15) is 0 Å². The average molecular weight is 220 g/mol. The molecule has 1 atom stereocenters. The van der Waals surface area contributed by atoms with Gasteiger partial charge in [-0.3, -0.25) is 0 Å².